The van der Waals surface area contributed by atoms with E-state index in [0.29, 0.717) is 11.3 Å². The van der Waals surface area contributed by atoms with Crippen LogP contribution in [-0.4, -0.2) is 29.4 Å². The Morgan fingerprint density at radius 3 is 2.46 bits per heavy atom. The van der Waals surface area contributed by atoms with Crippen molar-refractivity contribution < 1.29 is 29.4 Å². The predicted molar refractivity (Wildman–Crippen MR) is 102 cm³/mol. The number of anilines is 1. The number of ether oxygens (including phenoxy) is 2. The molecule has 8 heteroatoms. The maximum atomic E-state index is 12.3. The number of nitrogens with one attached hydrogen (secondary N) is 2. The second kappa shape index (κ2) is 9.98. The number of phenolic OH excluding ortho intramolecular Hbond substituents is 1. The zero-order valence-electron chi connectivity index (χ0n) is 15.5. The maximum Gasteiger partial charge on any atom is 0.412 e. The van der Waals surface area contributed by atoms with Gasteiger partial charge in [-0.05, 0) is 29.8 Å². The monoisotopic (exact) mass is 386 g/mol. The van der Waals surface area contributed by atoms with E-state index in [-0.39, 0.29) is 11.5 Å². The van der Waals surface area contributed by atoms with Crippen LogP contribution in [0.15, 0.2) is 60.7 Å². The van der Waals surface area contributed by atoms with Crippen molar-refractivity contribution >= 4 is 17.7 Å². The largest absolute Gasteiger partial charge is 0.504 e. The summed E-state index contributed by atoms with van der Waals surface area (Å²) >= 11 is 0. The molecular weight excluding hydrogens is 364 g/mol. The van der Waals surface area contributed by atoms with Crippen LogP contribution < -0.4 is 15.5 Å². The van der Waals surface area contributed by atoms with Gasteiger partial charge in [-0.3, -0.25) is 15.3 Å². The number of hydroxylamine groups is 1. The smallest absolute Gasteiger partial charge is 0.412 e. The van der Waals surface area contributed by atoms with Gasteiger partial charge in [0.15, 0.2) is 11.5 Å². The standard InChI is InChI=1S/C20H22N2O6/c1-13(8-11-18(24)22-26)19(14-9-10-17(27-2)16(23)12-14)28-20(25)21-15-6-4-3-5-7-15/h3-13,19,23,26H,1-2H3,(H,21,25)(H,22,24)/b11-8+/t13-,19-/m0/s1. The highest BCUT2D eigenvalue weighted by molar-refractivity contribution is 5.86. The van der Waals surface area contributed by atoms with Gasteiger partial charge in [0.1, 0.15) is 6.10 Å². The van der Waals surface area contributed by atoms with Crippen molar-refractivity contribution in [1.29, 1.82) is 0 Å². The number of para-hydroxylation sites is 1. The van der Waals surface area contributed by atoms with Crippen LogP contribution in [0.25, 0.3) is 0 Å². The molecule has 0 aliphatic rings. The lowest BCUT2D eigenvalue weighted by Gasteiger charge is -2.23. The molecule has 0 unspecified atom stereocenters. The van der Waals surface area contributed by atoms with E-state index in [4.69, 9.17) is 14.7 Å². The van der Waals surface area contributed by atoms with Crippen LogP contribution >= 0.6 is 0 Å². The fraction of sp³-hybridized carbons (Fsp3) is 0.200. The number of amides is 2. The third-order valence-corrected chi connectivity index (χ3v) is 3.92. The predicted octanol–water partition coefficient (Wildman–Crippen LogP) is 3.39. The molecule has 0 aliphatic heterocycles. The summed E-state index contributed by atoms with van der Waals surface area (Å²) < 4.78 is 10.6. The van der Waals surface area contributed by atoms with Gasteiger partial charge in [-0.1, -0.05) is 37.3 Å². The lowest BCUT2D eigenvalue weighted by molar-refractivity contribution is -0.124. The zero-order valence-corrected chi connectivity index (χ0v) is 15.5. The molecule has 0 saturated heterocycles. The van der Waals surface area contributed by atoms with Gasteiger partial charge in [0.2, 0.25) is 0 Å². The summed E-state index contributed by atoms with van der Waals surface area (Å²) in [5.74, 6) is -0.996. The lowest BCUT2D eigenvalue weighted by atomic mass is 9.96. The van der Waals surface area contributed by atoms with Gasteiger partial charge in [0, 0.05) is 17.7 Å². The van der Waals surface area contributed by atoms with Crippen LogP contribution in [0.4, 0.5) is 10.5 Å². The molecule has 0 radical (unpaired) electrons. The molecule has 28 heavy (non-hydrogen) atoms. The number of aromatic hydroxyl groups is 1. The third-order valence-electron chi connectivity index (χ3n) is 3.92. The molecule has 2 atom stereocenters. The molecule has 2 amide bonds. The minimum absolute atomic E-state index is 0.110. The molecule has 8 nitrogen and oxygen atoms in total. The molecule has 0 aromatic heterocycles. The molecule has 0 saturated carbocycles. The third kappa shape index (κ3) is 5.75. The summed E-state index contributed by atoms with van der Waals surface area (Å²) in [5.41, 5.74) is 2.56. The van der Waals surface area contributed by atoms with E-state index in [9.17, 15) is 14.7 Å². The van der Waals surface area contributed by atoms with Gasteiger partial charge in [0.25, 0.3) is 5.91 Å². The van der Waals surface area contributed by atoms with Crippen molar-refractivity contribution in [2.24, 2.45) is 5.92 Å². The molecule has 2 aromatic carbocycles. The molecular formula is C20H22N2O6. The Labute approximate surface area is 162 Å². The molecule has 2 rings (SSSR count). The number of carbonyl (C=O) groups excluding carboxylic acids is 2. The Bertz CT molecular complexity index is 838. The molecule has 0 fully saturated rings. The molecule has 0 bridgehead atoms. The fourth-order valence-electron chi connectivity index (χ4n) is 2.52. The Hall–Kier alpha value is -3.52. The number of benzene rings is 2. The minimum Gasteiger partial charge on any atom is -0.504 e. The van der Waals surface area contributed by atoms with E-state index in [1.54, 1.807) is 43.3 Å². The van der Waals surface area contributed by atoms with E-state index in [0.717, 1.165) is 6.08 Å². The fourth-order valence-corrected chi connectivity index (χ4v) is 2.52. The molecule has 2 aromatic rings. The van der Waals surface area contributed by atoms with Gasteiger partial charge in [-0.15, -0.1) is 0 Å². The van der Waals surface area contributed by atoms with E-state index in [1.165, 1.54) is 24.7 Å². The first kappa shape index (κ1) is 20.8. The molecule has 0 heterocycles. The minimum atomic E-state index is -0.816. The number of carbonyl (C=O) groups is 2. The Morgan fingerprint density at radius 1 is 1.14 bits per heavy atom. The second-order valence-electron chi connectivity index (χ2n) is 5.94. The SMILES string of the molecule is COc1ccc([C@@H](OC(=O)Nc2ccccc2)[C@@H](C)/C=C/C(=O)NO)cc1O. The molecule has 0 spiro atoms. The summed E-state index contributed by atoms with van der Waals surface area (Å²) in [6, 6.07) is 13.4. The normalized spacial score (nSPS) is 12.8. The molecule has 148 valence electrons. The van der Waals surface area contributed by atoms with E-state index in [2.05, 4.69) is 5.32 Å². The number of rotatable bonds is 7. The first-order chi connectivity index (χ1) is 13.4. The van der Waals surface area contributed by atoms with Gasteiger partial charge in [0.05, 0.1) is 7.11 Å². The number of phenols is 1. The second-order valence-corrected chi connectivity index (χ2v) is 5.94. The Morgan fingerprint density at radius 2 is 1.86 bits per heavy atom. The van der Waals surface area contributed by atoms with Crippen LogP contribution in [-0.2, 0) is 9.53 Å². The summed E-state index contributed by atoms with van der Waals surface area (Å²) in [7, 11) is 1.43. The van der Waals surface area contributed by atoms with Crippen LogP contribution in [0, 0.1) is 5.92 Å². The quantitative estimate of drug-likeness (QED) is 0.329. The van der Waals surface area contributed by atoms with Gasteiger partial charge < -0.3 is 14.6 Å². The Balaban J connectivity index is 2.24. The van der Waals surface area contributed by atoms with Crippen LogP contribution in [0.5, 0.6) is 11.5 Å². The number of methoxy groups -OCH3 is 1. The zero-order chi connectivity index (χ0) is 20.5. The highest BCUT2D eigenvalue weighted by Crippen LogP contribution is 2.34. The molecule has 0 aliphatic carbocycles. The van der Waals surface area contributed by atoms with Crippen molar-refractivity contribution in [1.82, 2.24) is 5.48 Å². The van der Waals surface area contributed by atoms with Crippen molar-refractivity contribution in [3.05, 3.63) is 66.2 Å². The van der Waals surface area contributed by atoms with Gasteiger partial charge in [-0.25, -0.2) is 10.3 Å². The van der Waals surface area contributed by atoms with Gasteiger partial charge >= 0.3 is 6.09 Å². The Kier molecular flexibility index (Phi) is 7.41. The first-order valence-electron chi connectivity index (χ1n) is 8.46. The van der Waals surface area contributed by atoms with Crippen molar-refractivity contribution in [3.63, 3.8) is 0 Å². The van der Waals surface area contributed by atoms with Gasteiger partial charge in [-0.2, -0.15) is 0 Å². The van der Waals surface area contributed by atoms with Crippen LogP contribution in [0.3, 0.4) is 0 Å². The summed E-state index contributed by atoms with van der Waals surface area (Å²) in [6.07, 6.45) is 1.09. The maximum absolute atomic E-state index is 12.3. The summed E-state index contributed by atoms with van der Waals surface area (Å²) in [6.45, 7) is 1.73. The summed E-state index contributed by atoms with van der Waals surface area (Å²) in [5, 5.41) is 21.3. The summed E-state index contributed by atoms with van der Waals surface area (Å²) in [4.78, 5) is 23.6. The average molecular weight is 386 g/mol. The van der Waals surface area contributed by atoms with Crippen molar-refractivity contribution in [2.75, 3.05) is 12.4 Å². The van der Waals surface area contributed by atoms with Crippen LogP contribution in [0.2, 0.25) is 0 Å². The topological polar surface area (TPSA) is 117 Å². The van der Waals surface area contributed by atoms with Crippen molar-refractivity contribution in [3.8, 4) is 11.5 Å². The average Bonchev–Trinajstić information content (AvgIpc) is 2.70. The molecule has 4 N–H and O–H groups in total. The van der Waals surface area contributed by atoms with Crippen LogP contribution in [0.1, 0.15) is 18.6 Å². The van der Waals surface area contributed by atoms with Crippen molar-refractivity contribution in [2.45, 2.75) is 13.0 Å². The highest BCUT2D eigenvalue weighted by Gasteiger charge is 2.23. The lowest BCUT2D eigenvalue weighted by Crippen LogP contribution is -2.22. The number of hydrogen-bond acceptors (Lipinski definition) is 6. The van der Waals surface area contributed by atoms with E-state index < -0.39 is 24.0 Å². The van der Waals surface area contributed by atoms with E-state index >= 15 is 0 Å². The van der Waals surface area contributed by atoms with E-state index in [1.807, 2.05) is 6.07 Å². The highest BCUT2D eigenvalue weighted by atomic mass is 16.6. The number of hydrogen-bond donors (Lipinski definition) is 4. The first-order valence-corrected chi connectivity index (χ1v) is 8.46.